The third kappa shape index (κ3) is 5.54. The largest absolute Gasteiger partial charge is 0.325 e. The van der Waals surface area contributed by atoms with Gasteiger partial charge < -0.3 is 5.32 Å². The number of rotatable bonds is 7. The van der Waals surface area contributed by atoms with Gasteiger partial charge in [-0.05, 0) is 54.9 Å². The number of benzene rings is 3. The smallest absolute Gasteiger partial charge is 0.238 e. The highest BCUT2D eigenvalue weighted by Gasteiger charge is 2.16. The van der Waals surface area contributed by atoms with Crippen LogP contribution in [0.15, 0.2) is 83.8 Å². The second kappa shape index (κ2) is 9.21. The van der Waals surface area contributed by atoms with Crippen LogP contribution >= 0.6 is 0 Å². The molecule has 0 aliphatic carbocycles. The molecule has 0 saturated carbocycles. The highest BCUT2D eigenvalue weighted by Crippen LogP contribution is 2.22. The van der Waals surface area contributed by atoms with Gasteiger partial charge in [-0.15, -0.1) is 0 Å². The number of likely N-dealkylation sites (N-methyl/N-ethyl adjacent to an activating group) is 1. The van der Waals surface area contributed by atoms with Crippen molar-refractivity contribution in [3.8, 4) is 11.1 Å². The third-order valence-corrected chi connectivity index (χ3v) is 5.95. The Morgan fingerprint density at radius 2 is 1.50 bits per heavy atom. The van der Waals surface area contributed by atoms with E-state index in [1.807, 2.05) is 73.5 Å². The fourth-order valence-corrected chi connectivity index (χ4v) is 3.65. The van der Waals surface area contributed by atoms with Gasteiger partial charge in [-0.1, -0.05) is 54.6 Å². The van der Waals surface area contributed by atoms with Gasteiger partial charge in [0.1, 0.15) is 0 Å². The number of carbonyl (C=O) groups is 1. The van der Waals surface area contributed by atoms with Gasteiger partial charge in [0.05, 0.1) is 11.4 Å². The number of hydrogen-bond donors (Lipinski definition) is 2. The summed E-state index contributed by atoms with van der Waals surface area (Å²) in [5.74, 6) is -0.127. The maximum absolute atomic E-state index is 12.5. The number of carbonyl (C=O) groups excluding carboxylic acids is 1. The molecule has 1 unspecified atom stereocenters. The van der Waals surface area contributed by atoms with Crippen LogP contribution in [0.5, 0.6) is 0 Å². The molecule has 1 amide bonds. The number of amides is 1. The molecule has 0 bridgehead atoms. The van der Waals surface area contributed by atoms with Crippen LogP contribution < -0.4 is 10.5 Å². The van der Waals surface area contributed by atoms with Gasteiger partial charge in [0.2, 0.25) is 15.9 Å². The second-order valence-corrected chi connectivity index (χ2v) is 8.76. The third-order valence-electron chi connectivity index (χ3n) is 5.02. The van der Waals surface area contributed by atoms with Gasteiger partial charge in [-0.2, -0.15) is 0 Å². The van der Waals surface area contributed by atoms with Gasteiger partial charge in [0.15, 0.2) is 0 Å². The van der Waals surface area contributed by atoms with Gasteiger partial charge in [-0.3, -0.25) is 9.69 Å². The number of nitrogens with zero attached hydrogens (tertiary/aromatic N) is 1. The lowest BCUT2D eigenvalue weighted by atomic mass is 10.1. The first-order chi connectivity index (χ1) is 14.2. The Bertz CT molecular complexity index is 1100. The summed E-state index contributed by atoms with van der Waals surface area (Å²) in [6, 6.07) is 24.1. The van der Waals surface area contributed by atoms with Crippen LogP contribution in [0.1, 0.15) is 18.5 Å². The highest BCUT2D eigenvalue weighted by molar-refractivity contribution is 7.89. The molecule has 0 aliphatic heterocycles. The van der Waals surface area contributed by atoms with E-state index in [1.165, 1.54) is 12.1 Å². The van der Waals surface area contributed by atoms with Crippen LogP contribution in [0, 0.1) is 0 Å². The zero-order chi connectivity index (χ0) is 21.7. The molecule has 3 N–H and O–H groups in total. The van der Waals surface area contributed by atoms with Crippen LogP contribution in [-0.2, 0) is 14.8 Å². The summed E-state index contributed by atoms with van der Waals surface area (Å²) in [5, 5.41) is 8.04. The summed E-state index contributed by atoms with van der Waals surface area (Å²) in [7, 11) is -1.87. The SMILES string of the molecule is CC(c1ccc(S(N)(=O)=O)cc1)N(C)CC(=O)Nc1ccc(-c2ccccc2)cc1. The molecule has 0 heterocycles. The van der Waals surface area contributed by atoms with Crippen LogP contribution in [0.3, 0.4) is 0 Å². The average molecular weight is 424 g/mol. The molecule has 0 saturated heterocycles. The predicted molar refractivity (Wildman–Crippen MR) is 119 cm³/mol. The molecule has 3 rings (SSSR count). The van der Waals surface area contributed by atoms with Crippen LogP contribution in [0.25, 0.3) is 11.1 Å². The molecule has 6 nitrogen and oxygen atoms in total. The van der Waals surface area contributed by atoms with Gasteiger partial charge in [-0.25, -0.2) is 13.6 Å². The summed E-state index contributed by atoms with van der Waals surface area (Å²) in [5.41, 5.74) is 3.84. The predicted octanol–water partition coefficient (Wildman–Crippen LogP) is 3.63. The van der Waals surface area contributed by atoms with Crippen molar-refractivity contribution in [1.82, 2.24) is 4.90 Å². The lowest BCUT2D eigenvalue weighted by Gasteiger charge is -2.24. The van der Waals surface area contributed by atoms with E-state index in [9.17, 15) is 13.2 Å². The Morgan fingerprint density at radius 3 is 2.07 bits per heavy atom. The zero-order valence-electron chi connectivity index (χ0n) is 16.9. The van der Waals surface area contributed by atoms with Gasteiger partial charge in [0, 0.05) is 11.7 Å². The lowest BCUT2D eigenvalue weighted by molar-refractivity contribution is -0.117. The van der Waals surface area contributed by atoms with E-state index in [0.717, 1.165) is 22.4 Å². The molecule has 156 valence electrons. The Kier molecular flexibility index (Phi) is 6.66. The molecule has 0 radical (unpaired) electrons. The molecule has 7 heteroatoms. The van der Waals surface area contributed by atoms with Crippen molar-refractivity contribution >= 4 is 21.6 Å². The minimum atomic E-state index is -3.72. The summed E-state index contributed by atoms with van der Waals surface area (Å²) in [4.78, 5) is 14.4. The zero-order valence-corrected chi connectivity index (χ0v) is 17.8. The molecule has 0 spiro atoms. The number of hydrogen-bond acceptors (Lipinski definition) is 4. The molecule has 30 heavy (non-hydrogen) atoms. The first kappa shape index (κ1) is 21.7. The Labute approximate surface area is 177 Å². The van der Waals surface area contributed by atoms with Crippen molar-refractivity contribution in [3.63, 3.8) is 0 Å². The molecular formula is C23H25N3O3S. The Balaban J connectivity index is 1.58. The van der Waals surface area contributed by atoms with E-state index in [4.69, 9.17) is 5.14 Å². The summed E-state index contributed by atoms with van der Waals surface area (Å²) in [6.45, 7) is 2.15. The van der Waals surface area contributed by atoms with Crippen molar-refractivity contribution in [2.75, 3.05) is 18.9 Å². The lowest BCUT2D eigenvalue weighted by Crippen LogP contribution is -2.32. The summed E-state index contributed by atoms with van der Waals surface area (Å²) in [6.07, 6.45) is 0. The van der Waals surface area contributed by atoms with Crippen LogP contribution in [-0.4, -0.2) is 32.8 Å². The van der Waals surface area contributed by atoms with E-state index < -0.39 is 10.0 Å². The molecule has 3 aromatic rings. The maximum atomic E-state index is 12.5. The van der Waals surface area contributed by atoms with E-state index in [0.29, 0.717) is 0 Å². The number of nitrogens with two attached hydrogens (primary N) is 1. The van der Waals surface area contributed by atoms with E-state index >= 15 is 0 Å². The Morgan fingerprint density at radius 1 is 0.933 bits per heavy atom. The number of primary sulfonamides is 1. The van der Waals surface area contributed by atoms with Crippen molar-refractivity contribution < 1.29 is 13.2 Å². The molecule has 0 fully saturated rings. The Hall–Kier alpha value is -3.00. The fourth-order valence-electron chi connectivity index (χ4n) is 3.13. The summed E-state index contributed by atoms with van der Waals surface area (Å²) >= 11 is 0. The van der Waals surface area contributed by atoms with E-state index in [2.05, 4.69) is 5.32 Å². The number of anilines is 1. The first-order valence-corrected chi connectivity index (χ1v) is 11.1. The van der Waals surface area contributed by atoms with E-state index in [-0.39, 0.29) is 23.4 Å². The molecule has 0 aromatic heterocycles. The van der Waals surface area contributed by atoms with Gasteiger partial charge >= 0.3 is 0 Å². The highest BCUT2D eigenvalue weighted by atomic mass is 32.2. The quantitative estimate of drug-likeness (QED) is 0.607. The van der Waals surface area contributed by atoms with Crippen LogP contribution in [0.2, 0.25) is 0 Å². The minimum absolute atomic E-state index is 0.0674. The van der Waals surface area contributed by atoms with Crippen molar-refractivity contribution in [2.45, 2.75) is 17.9 Å². The normalized spacial score (nSPS) is 12.5. The monoisotopic (exact) mass is 423 g/mol. The number of sulfonamides is 1. The number of nitrogens with one attached hydrogen (secondary N) is 1. The van der Waals surface area contributed by atoms with Crippen LogP contribution in [0.4, 0.5) is 5.69 Å². The molecule has 1 atom stereocenters. The molecular weight excluding hydrogens is 398 g/mol. The molecule has 0 aliphatic rings. The first-order valence-electron chi connectivity index (χ1n) is 9.52. The maximum Gasteiger partial charge on any atom is 0.238 e. The van der Waals surface area contributed by atoms with Crippen molar-refractivity contribution in [3.05, 3.63) is 84.4 Å². The minimum Gasteiger partial charge on any atom is -0.325 e. The molecule has 3 aromatic carbocycles. The average Bonchev–Trinajstić information content (AvgIpc) is 2.73. The standard InChI is InChI=1S/C23H25N3O3S/c1-17(18-10-14-22(15-11-18)30(24,28)29)26(2)16-23(27)25-21-12-8-20(9-13-21)19-6-4-3-5-7-19/h3-15,17H,16H2,1-2H3,(H,25,27)(H2,24,28,29). The summed E-state index contributed by atoms with van der Waals surface area (Å²) < 4.78 is 22.8. The van der Waals surface area contributed by atoms with Gasteiger partial charge in [0.25, 0.3) is 0 Å². The van der Waals surface area contributed by atoms with Crippen molar-refractivity contribution in [2.24, 2.45) is 5.14 Å². The van der Waals surface area contributed by atoms with E-state index in [1.54, 1.807) is 12.1 Å². The van der Waals surface area contributed by atoms with Crippen molar-refractivity contribution in [1.29, 1.82) is 0 Å². The second-order valence-electron chi connectivity index (χ2n) is 7.20. The topological polar surface area (TPSA) is 92.5 Å². The fraction of sp³-hybridized carbons (Fsp3) is 0.174.